The zero-order valence-corrected chi connectivity index (χ0v) is 14.7. The standard InChI is InChI=1S/C18H30N4O/c1-4-6-8-15(5-2)13-23-10-7-9-21-18-16(12-19)14(3)11-17(20)22-18/h11,15H,4-10,13H2,1-3H3,(H3,20,21,22). The van der Waals surface area contributed by atoms with Crippen molar-refractivity contribution in [3.05, 3.63) is 17.2 Å². The number of nitrogens with one attached hydrogen (secondary N) is 1. The maximum absolute atomic E-state index is 9.19. The Morgan fingerprint density at radius 1 is 1.39 bits per heavy atom. The molecular formula is C18H30N4O. The summed E-state index contributed by atoms with van der Waals surface area (Å²) in [5.41, 5.74) is 7.15. The van der Waals surface area contributed by atoms with Gasteiger partial charge in [0.2, 0.25) is 0 Å². The van der Waals surface area contributed by atoms with Crippen molar-refractivity contribution in [3.63, 3.8) is 0 Å². The Morgan fingerprint density at radius 3 is 2.83 bits per heavy atom. The number of unbranched alkanes of at least 4 members (excludes halogenated alkanes) is 1. The van der Waals surface area contributed by atoms with Gasteiger partial charge in [0.05, 0.1) is 5.56 Å². The van der Waals surface area contributed by atoms with Crippen LogP contribution in [0.15, 0.2) is 6.07 Å². The van der Waals surface area contributed by atoms with Gasteiger partial charge in [0.15, 0.2) is 0 Å². The van der Waals surface area contributed by atoms with Crippen molar-refractivity contribution in [2.75, 3.05) is 30.8 Å². The third-order valence-electron chi connectivity index (χ3n) is 4.00. The first-order chi connectivity index (χ1) is 11.1. The molecule has 0 spiro atoms. The van der Waals surface area contributed by atoms with Crippen molar-refractivity contribution in [1.29, 1.82) is 5.26 Å². The number of pyridine rings is 1. The van der Waals surface area contributed by atoms with Gasteiger partial charge in [-0.3, -0.25) is 0 Å². The first-order valence-electron chi connectivity index (χ1n) is 8.61. The molecule has 1 rings (SSSR count). The lowest BCUT2D eigenvalue weighted by Gasteiger charge is -2.15. The molecule has 0 amide bonds. The van der Waals surface area contributed by atoms with E-state index in [4.69, 9.17) is 10.5 Å². The molecule has 0 saturated heterocycles. The molecule has 0 fully saturated rings. The maximum atomic E-state index is 9.19. The lowest BCUT2D eigenvalue weighted by atomic mass is 10.0. The van der Waals surface area contributed by atoms with Gasteiger partial charge < -0.3 is 15.8 Å². The zero-order valence-electron chi connectivity index (χ0n) is 14.7. The lowest BCUT2D eigenvalue weighted by molar-refractivity contribution is 0.0937. The first kappa shape index (κ1) is 19.2. The maximum Gasteiger partial charge on any atom is 0.146 e. The highest BCUT2D eigenvalue weighted by Crippen LogP contribution is 2.18. The third kappa shape index (κ3) is 6.87. The number of rotatable bonds is 11. The normalized spacial score (nSPS) is 11.9. The molecule has 5 heteroatoms. The number of aromatic nitrogens is 1. The van der Waals surface area contributed by atoms with Gasteiger partial charge in [-0.15, -0.1) is 0 Å². The molecule has 1 aromatic heterocycles. The largest absolute Gasteiger partial charge is 0.384 e. The van der Waals surface area contributed by atoms with E-state index >= 15 is 0 Å². The number of hydrogen-bond acceptors (Lipinski definition) is 5. The van der Waals surface area contributed by atoms with Crippen molar-refractivity contribution in [1.82, 2.24) is 4.98 Å². The molecule has 1 aromatic rings. The molecule has 3 N–H and O–H groups in total. The third-order valence-corrected chi connectivity index (χ3v) is 4.00. The van der Waals surface area contributed by atoms with Gasteiger partial charge in [-0.1, -0.05) is 33.1 Å². The minimum atomic E-state index is 0.432. The summed E-state index contributed by atoms with van der Waals surface area (Å²) in [6.45, 7) is 8.60. The van der Waals surface area contributed by atoms with Gasteiger partial charge in [-0.25, -0.2) is 4.98 Å². The van der Waals surface area contributed by atoms with Crippen molar-refractivity contribution in [2.24, 2.45) is 5.92 Å². The van der Waals surface area contributed by atoms with Crippen LogP contribution in [0.2, 0.25) is 0 Å². The number of anilines is 2. The van der Waals surface area contributed by atoms with E-state index in [2.05, 4.69) is 30.2 Å². The molecule has 0 aliphatic rings. The van der Waals surface area contributed by atoms with E-state index in [1.807, 2.05) is 6.92 Å². The molecular weight excluding hydrogens is 288 g/mol. The summed E-state index contributed by atoms with van der Waals surface area (Å²) in [7, 11) is 0. The molecule has 0 radical (unpaired) electrons. The smallest absolute Gasteiger partial charge is 0.146 e. The van der Waals surface area contributed by atoms with E-state index in [0.29, 0.717) is 23.1 Å². The summed E-state index contributed by atoms with van der Waals surface area (Å²) < 4.78 is 5.78. The topological polar surface area (TPSA) is 84.0 Å². The van der Waals surface area contributed by atoms with Gasteiger partial charge in [0.1, 0.15) is 17.7 Å². The molecule has 0 bridgehead atoms. The van der Waals surface area contributed by atoms with Crippen molar-refractivity contribution >= 4 is 11.6 Å². The Balaban J connectivity index is 2.29. The molecule has 0 aromatic carbocycles. The van der Waals surface area contributed by atoms with Gasteiger partial charge in [0, 0.05) is 19.8 Å². The van der Waals surface area contributed by atoms with E-state index in [-0.39, 0.29) is 0 Å². The van der Waals surface area contributed by atoms with E-state index in [0.717, 1.165) is 31.7 Å². The van der Waals surface area contributed by atoms with Crippen molar-refractivity contribution in [3.8, 4) is 6.07 Å². The van der Waals surface area contributed by atoms with Gasteiger partial charge >= 0.3 is 0 Å². The summed E-state index contributed by atoms with van der Waals surface area (Å²) >= 11 is 0. The summed E-state index contributed by atoms with van der Waals surface area (Å²) in [5.74, 6) is 1.67. The predicted molar refractivity (Wildman–Crippen MR) is 95.3 cm³/mol. The number of ether oxygens (including phenoxy) is 1. The Hall–Kier alpha value is -1.80. The highest BCUT2D eigenvalue weighted by atomic mass is 16.5. The molecule has 0 aliphatic heterocycles. The average Bonchev–Trinajstić information content (AvgIpc) is 2.53. The monoisotopic (exact) mass is 318 g/mol. The molecule has 1 unspecified atom stereocenters. The predicted octanol–water partition coefficient (Wildman–Crippen LogP) is 3.88. The second kappa shape index (κ2) is 10.8. The Labute approximate surface area is 140 Å². The molecule has 0 saturated carbocycles. The highest BCUT2D eigenvalue weighted by Gasteiger charge is 2.08. The summed E-state index contributed by atoms with van der Waals surface area (Å²) in [5, 5.41) is 12.4. The van der Waals surface area contributed by atoms with Gasteiger partial charge in [-0.05, 0) is 37.3 Å². The fourth-order valence-electron chi connectivity index (χ4n) is 2.50. The number of nitriles is 1. The van der Waals surface area contributed by atoms with E-state index in [1.54, 1.807) is 6.07 Å². The van der Waals surface area contributed by atoms with Crippen LogP contribution in [-0.2, 0) is 4.74 Å². The molecule has 128 valence electrons. The van der Waals surface area contributed by atoms with Gasteiger partial charge in [-0.2, -0.15) is 5.26 Å². The van der Waals surface area contributed by atoms with E-state index in [1.165, 1.54) is 25.7 Å². The number of nitrogen functional groups attached to an aromatic ring is 1. The van der Waals surface area contributed by atoms with Crippen LogP contribution < -0.4 is 11.1 Å². The zero-order chi connectivity index (χ0) is 17.1. The van der Waals surface area contributed by atoms with Crippen LogP contribution in [0.3, 0.4) is 0 Å². The average molecular weight is 318 g/mol. The van der Waals surface area contributed by atoms with Crippen molar-refractivity contribution in [2.45, 2.75) is 52.9 Å². The minimum absolute atomic E-state index is 0.432. The summed E-state index contributed by atoms with van der Waals surface area (Å²) in [4.78, 5) is 4.20. The number of nitrogens with zero attached hydrogens (tertiary/aromatic N) is 2. The molecule has 1 atom stereocenters. The Bertz CT molecular complexity index is 510. The Morgan fingerprint density at radius 2 is 2.17 bits per heavy atom. The van der Waals surface area contributed by atoms with Crippen molar-refractivity contribution < 1.29 is 4.74 Å². The number of hydrogen-bond donors (Lipinski definition) is 2. The molecule has 5 nitrogen and oxygen atoms in total. The molecule has 1 heterocycles. The van der Waals surface area contributed by atoms with Crippen LogP contribution in [0.25, 0.3) is 0 Å². The quantitative estimate of drug-likeness (QED) is 0.605. The highest BCUT2D eigenvalue weighted by molar-refractivity contribution is 5.59. The SMILES string of the molecule is CCCCC(CC)COCCCNc1nc(N)cc(C)c1C#N. The van der Waals surface area contributed by atoms with E-state index < -0.39 is 0 Å². The minimum Gasteiger partial charge on any atom is -0.384 e. The summed E-state index contributed by atoms with van der Waals surface area (Å²) in [6.07, 6.45) is 5.83. The Kier molecular flexibility index (Phi) is 9.08. The fraction of sp³-hybridized carbons (Fsp3) is 0.667. The van der Waals surface area contributed by atoms with Gasteiger partial charge in [0.25, 0.3) is 0 Å². The van der Waals surface area contributed by atoms with Crippen LogP contribution in [0, 0.1) is 24.2 Å². The number of aryl methyl sites for hydroxylation is 1. The summed E-state index contributed by atoms with van der Waals surface area (Å²) in [6, 6.07) is 3.89. The molecule has 23 heavy (non-hydrogen) atoms. The van der Waals surface area contributed by atoms with Crippen LogP contribution in [0.4, 0.5) is 11.6 Å². The van der Waals surface area contributed by atoms with Crippen LogP contribution in [0.1, 0.15) is 57.1 Å². The van der Waals surface area contributed by atoms with Crippen LogP contribution >= 0.6 is 0 Å². The van der Waals surface area contributed by atoms with E-state index in [9.17, 15) is 5.26 Å². The second-order valence-electron chi connectivity index (χ2n) is 5.97. The van der Waals surface area contributed by atoms with Crippen LogP contribution in [0.5, 0.6) is 0 Å². The number of nitrogens with two attached hydrogens (primary N) is 1. The van der Waals surface area contributed by atoms with Crippen LogP contribution in [-0.4, -0.2) is 24.7 Å². The lowest BCUT2D eigenvalue weighted by Crippen LogP contribution is -2.13. The fourth-order valence-corrected chi connectivity index (χ4v) is 2.50. The molecule has 0 aliphatic carbocycles. The second-order valence-corrected chi connectivity index (χ2v) is 5.97. The first-order valence-corrected chi connectivity index (χ1v) is 8.61.